The summed E-state index contributed by atoms with van der Waals surface area (Å²) in [6, 6.07) is 0. The second kappa shape index (κ2) is 5.77. The van der Waals surface area contributed by atoms with Crippen LogP contribution in [0.3, 0.4) is 0 Å². The van der Waals surface area contributed by atoms with Gasteiger partial charge in [-0.2, -0.15) is 5.10 Å². The average molecular weight is 352 g/mol. The summed E-state index contributed by atoms with van der Waals surface area (Å²) < 4.78 is 18.6. The van der Waals surface area contributed by atoms with Crippen LogP contribution in [0.5, 0.6) is 0 Å². The van der Waals surface area contributed by atoms with Gasteiger partial charge in [0.05, 0.1) is 5.69 Å². The number of carboxylic acid groups (broad SMARTS) is 1. The predicted molar refractivity (Wildman–Crippen MR) is 92.6 cm³/mol. The van der Waals surface area contributed by atoms with Crippen LogP contribution in [0.25, 0.3) is 0 Å². The first-order valence-electron chi connectivity index (χ1n) is 8.14. The van der Waals surface area contributed by atoms with Gasteiger partial charge in [0.15, 0.2) is 0 Å². The largest absolute Gasteiger partial charge is 0.591 e. The maximum atomic E-state index is 12.6. The van der Waals surface area contributed by atoms with Gasteiger partial charge in [0, 0.05) is 43.7 Å². The molecule has 1 aliphatic carbocycles. The van der Waals surface area contributed by atoms with Crippen molar-refractivity contribution in [2.75, 3.05) is 13.1 Å². The van der Waals surface area contributed by atoms with E-state index in [1.165, 1.54) is 4.90 Å². The van der Waals surface area contributed by atoms with E-state index in [2.05, 4.69) is 9.50 Å². The Labute approximate surface area is 145 Å². The summed E-state index contributed by atoms with van der Waals surface area (Å²) in [6.07, 6.45) is 3.19. The molecule has 1 aromatic heterocycles. The number of hydrogen-bond donors (Lipinski definition) is 1. The molecule has 1 amide bonds. The third-order valence-electron chi connectivity index (χ3n) is 4.86. The molecule has 132 valence electrons. The van der Waals surface area contributed by atoms with Gasteiger partial charge in [0.1, 0.15) is 21.8 Å². The van der Waals surface area contributed by atoms with Crippen molar-refractivity contribution in [3.8, 4) is 0 Å². The number of hydrogen-bond acceptors (Lipinski definition) is 4. The molecule has 2 aliphatic rings. The Bertz CT molecular complexity index is 684. The summed E-state index contributed by atoms with van der Waals surface area (Å²) in [5, 5.41) is 13.7. The van der Waals surface area contributed by atoms with Crippen LogP contribution in [0.15, 0.2) is 10.6 Å². The number of nitrogens with zero attached hydrogens (tertiary/aromatic N) is 4. The Morgan fingerprint density at radius 2 is 2.04 bits per heavy atom. The number of fused-ring (bicyclic) bond motifs is 1. The topological polar surface area (TPSA) is 93.8 Å². The van der Waals surface area contributed by atoms with Crippen LogP contribution in [0, 0.1) is 5.41 Å². The molecule has 1 aliphatic heterocycles. The molecule has 0 aromatic carbocycles. The van der Waals surface area contributed by atoms with Gasteiger partial charge in [0.25, 0.3) is 0 Å². The molecule has 1 saturated heterocycles. The fourth-order valence-corrected chi connectivity index (χ4v) is 4.19. The maximum Gasteiger partial charge on any atom is 0.407 e. The minimum Gasteiger partial charge on any atom is -0.591 e. The van der Waals surface area contributed by atoms with Crippen molar-refractivity contribution in [3.63, 3.8) is 0 Å². The first kappa shape index (κ1) is 17.3. The van der Waals surface area contributed by atoms with Crippen LogP contribution in [-0.4, -0.2) is 54.0 Å². The molecule has 1 atom stereocenters. The molecule has 1 aromatic rings. The number of piperidine rings is 1. The van der Waals surface area contributed by atoms with E-state index in [0.717, 1.165) is 23.4 Å². The van der Waals surface area contributed by atoms with Gasteiger partial charge in [0.2, 0.25) is 0 Å². The molecule has 0 saturated carbocycles. The molecule has 24 heavy (non-hydrogen) atoms. The first-order chi connectivity index (χ1) is 11.1. The summed E-state index contributed by atoms with van der Waals surface area (Å²) in [4.78, 5) is 12.6. The Balaban J connectivity index is 1.96. The number of rotatable bonds is 1. The standard InChI is InChI=1S/C16H24N4O3S/c1-15(2,3)24(23)18-13-11-10-19(4)17-12(11)9-16(13)5-7-20(8-6-16)14(21)22/h10H,5-9H2,1-4H3,(H,21,22)/b18-13-. The van der Waals surface area contributed by atoms with E-state index < -0.39 is 22.2 Å². The predicted octanol–water partition coefficient (Wildman–Crippen LogP) is 1.99. The Kier molecular flexibility index (Phi) is 4.16. The molecule has 3 rings (SSSR count). The monoisotopic (exact) mass is 352 g/mol. The van der Waals surface area contributed by atoms with Crippen molar-refractivity contribution in [3.05, 3.63) is 17.5 Å². The summed E-state index contributed by atoms with van der Waals surface area (Å²) in [6.45, 7) is 6.68. The zero-order valence-electron chi connectivity index (χ0n) is 14.6. The zero-order valence-corrected chi connectivity index (χ0v) is 15.4. The second-order valence-corrected chi connectivity index (χ2v) is 9.60. The molecule has 8 heteroatoms. The summed E-state index contributed by atoms with van der Waals surface area (Å²) in [5.74, 6) is 0. The van der Waals surface area contributed by atoms with Gasteiger partial charge < -0.3 is 14.6 Å². The molecule has 7 nitrogen and oxygen atoms in total. The minimum absolute atomic E-state index is 0.237. The Hall–Kier alpha value is -1.54. The highest BCUT2D eigenvalue weighted by molar-refractivity contribution is 7.91. The first-order valence-corrected chi connectivity index (χ1v) is 9.25. The number of carbonyl (C=O) groups is 1. The highest BCUT2D eigenvalue weighted by atomic mass is 32.2. The normalized spacial score (nSPS) is 22.9. The second-order valence-electron chi connectivity index (χ2n) is 7.69. The molecule has 1 spiro atoms. The molecule has 1 N–H and O–H groups in total. The van der Waals surface area contributed by atoms with Gasteiger partial charge >= 0.3 is 6.09 Å². The molecule has 0 bridgehead atoms. The van der Waals surface area contributed by atoms with Crippen LogP contribution < -0.4 is 0 Å². The lowest BCUT2D eigenvalue weighted by atomic mass is 9.75. The van der Waals surface area contributed by atoms with E-state index in [1.54, 1.807) is 4.68 Å². The van der Waals surface area contributed by atoms with Gasteiger partial charge in [-0.1, -0.05) is 4.40 Å². The SMILES string of the molecule is Cn1cc2c(n1)CC1(CCN(C(=O)O)CC1)/C2=N\[S+]([O-])C(C)(C)C. The van der Waals surface area contributed by atoms with E-state index >= 15 is 0 Å². The van der Waals surface area contributed by atoms with Crippen LogP contribution >= 0.6 is 0 Å². The number of aryl methyl sites for hydroxylation is 1. The summed E-state index contributed by atoms with van der Waals surface area (Å²) >= 11 is -1.35. The minimum atomic E-state index is -1.35. The third-order valence-corrected chi connectivity index (χ3v) is 6.25. The average Bonchev–Trinajstić information content (AvgIpc) is 2.94. The van der Waals surface area contributed by atoms with Crippen molar-refractivity contribution in [1.82, 2.24) is 14.7 Å². The van der Waals surface area contributed by atoms with Crippen molar-refractivity contribution < 1.29 is 14.5 Å². The van der Waals surface area contributed by atoms with Crippen molar-refractivity contribution in [1.29, 1.82) is 0 Å². The van der Waals surface area contributed by atoms with Gasteiger partial charge in [-0.05, 0) is 33.6 Å². The fraction of sp³-hybridized carbons (Fsp3) is 0.688. The van der Waals surface area contributed by atoms with Crippen LogP contribution in [0.1, 0.15) is 44.9 Å². The van der Waals surface area contributed by atoms with Gasteiger partial charge in [-0.25, -0.2) is 4.79 Å². The fourth-order valence-electron chi connectivity index (χ4n) is 3.46. The lowest BCUT2D eigenvalue weighted by Crippen LogP contribution is -2.46. The van der Waals surface area contributed by atoms with E-state index in [-0.39, 0.29) is 5.41 Å². The maximum absolute atomic E-state index is 12.6. The van der Waals surface area contributed by atoms with Gasteiger partial charge in [-0.3, -0.25) is 4.68 Å². The van der Waals surface area contributed by atoms with Crippen LogP contribution in [0.4, 0.5) is 4.79 Å². The molecular weight excluding hydrogens is 328 g/mol. The van der Waals surface area contributed by atoms with E-state index in [9.17, 15) is 14.5 Å². The molecule has 0 radical (unpaired) electrons. The van der Waals surface area contributed by atoms with E-state index in [4.69, 9.17) is 0 Å². The number of likely N-dealkylation sites (tertiary alicyclic amines) is 1. The molecule has 1 fully saturated rings. The quantitative estimate of drug-likeness (QED) is 0.782. The molecule has 2 heterocycles. The summed E-state index contributed by atoms with van der Waals surface area (Å²) in [5.41, 5.74) is 2.56. The van der Waals surface area contributed by atoms with Crippen LogP contribution in [-0.2, 0) is 24.8 Å². The van der Waals surface area contributed by atoms with E-state index in [0.29, 0.717) is 25.9 Å². The highest BCUT2D eigenvalue weighted by Gasteiger charge is 2.49. The zero-order chi connectivity index (χ0) is 17.7. The summed E-state index contributed by atoms with van der Waals surface area (Å²) in [7, 11) is 1.87. The highest BCUT2D eigenvalue weighted by Crippen LogP contribution is 2.45. The van der Waals surface area contributed by atoms with Crippen molar-refractivity contribution in [2.45, 2.75) is 44.8 Å². The number of amides is 1. The molecule has 1 unspecified atom stereocenters. The lowest BCUT2D eigenvalue weighted by molar-refractivity contribution is 0.114. The lowest BCUT2D eigenvalue weighted by Gasteiger charge is -2.38. The number of aromatic nitrogens is 2. The van der Waals surface area contributed by atoms with Crippen molar-refractivity contribution in [2.24, 2.45) is 16.9 Å². The van der Waals surface area contributed by atoms with Crippen LogP contribution in [0.2, 0.25) is 0 Å². The van der Waals surface area contributed by atoms with Gasteiger partial charge in [-0.15, -0.1) is 0 Å². The third kappa shape index (κ3) is 2.93. The van der Waals surface area contributed by atoms with Crippen molar-refractivity contribution >= 4 is 23.2 Å². The van der Waals surface area contributed by atoms with E-state index in [1.807, 2.05) is 34.0 Å². The molecular formula is C16H24N4O3S. The Morgan fingerprint density at radius 1 is 1.42 bits per heavy atom. The Morgan fingerprint density at radius 3 is 2.58 bits per heavy atom. The smallest absolute Gasteiger partial charge is 0.407 e.